The minimum Gasteiger partial charge on any atom is -0.333 e. The molecule has 0 spiro atoms. The molecule has 0 saturated carbocycles. The largest absolute Gasteiger partial charge is 0.333 e. The van der Waals surface area contributed by atoms with E-state index in [9.17, 15) is 18.0 Å². The van der Waals surface area contributed by atoms with Crippen molar-refractivity contribution < 1.29 is 22.6 Å². The van der Waals surface area contributed by atoms with Gasteiger partial charge in [0.05, 0.1) is 6.17 Å². The Morgan fingerprint density at radius 2 is 1.61 bits per heavy atom. The van der Waals surface area contributed by atoms with Crippen LogP contribution in [0, 0.1) is 6.92 Å². The molecule has 0 aromatic carbocycles. The van der Waals surface area contributed by atoms with Gasteiger partial charge in [0.1, 0.15) is 0 Å². The summed E-state index contributed by atoms with van der Waals surface area (Å²) in [5, 5.41) is 4.28. The van der Waals surface area contributed by atoms with Crippen molar-refractivity contribution >= 4 is 21.9 Å². The molecule has 0 aliphatic carbocycles. The Labute approximate surface area is 106 Å². The summed E-state index contributed by atoms with van der Waals surface area (Å²) in [6.45, 7) is 10.7. The molecule has 2 amide bonds. The quantitative estimate of drug-likeness (QED) is 0.259. The third kappa shape index (κ3) is 3.97. The molecule has 1 unspecified atom stereocenters. The Balaban J connectivity index is 5.32. The molecule has 0 bridgehead atoms. The Morgan fingerprint density at radius 1 is 1.28 bits per heavy atom. The molecule has 0 aromatic rings. The van der Waals surface area contributed by atoms with Crippen LogP contribution in [0.4, 0.5) is 0 Å². The number of hydrogen-bond acceptors (Lipinski definition) is 4. The van der Waals surface area contributed by atoms with Crippen LogP contribution in [-0.2, 0) is 19.7 Å². The Bertz CT molecular complexity index is 445. The highest BCUT2D eigenvalue weighted by Gasteiger charge is 2.36. The lowest BCUT2D eigenvalue weighted by atomic mass is 10.1. The maximum Gasteiger partial charge on any atom is 0.245 e. The molecule has 102 valence electrons. The lowest BCUT2D eigenvalue weighted by molar-refractivity contribution is -0.119. The zero-order valence-corrected chi connectivity index (χ0v) is 10.7. The van der Waals surface area contributed by atoms with Crippen molar-refractivity contribution in [3.05, 3.63) is 32.2 Å². The zero-order valence-electron chi connectivity index (χ0n) is 9.84. The molecule has 0 radical (unpaired) electrons. The molecule has 0 aromatic heterocycles. The summed E-state index contributed by atoms with van der Waals surface area (Å²) >= 11 is 0. The normalized spacial score (nSPS) is 14.4. The minimum absolute atomic E-state index is 0.733. The van der Waals surface area contributed by atoms with Gasteiger partial charge < -0.3 is 17.6 Å². The summed E-state index contributed by atoms with van der Waals surface area (Å²) in [6, 6.07) is 0. The van der Waals surface area contributed by atoms with Gasteiger partial charge in [0.2, 0.25) is 21.9 Å². The molecule has 0 saturated heterocycles. The van der Waals surface area contributed by atoms with E-state index in [0.29, 0.717) is 0 Å². The molecule has 0 aliphatic heterocycles. The average molecular weight is 275 g/mol. The van der Waals surface area contributed by atoms with E-state index in [1.165, 1.54) is 0 Å². The second-order valence-corrected chi connectivity index (χ2v) is 5.53. The van der Waals surface area contributed by atoms with E-state index in [1.807, 2.05) is 0 Å². The molecule has 0 fully saturated rings. The number of carbonyl (C=O) groups is 2. The van der Waals surface area contributed by atoms with Crippen molar-refractivity contribution in [2.45, 2.75) is 17.8 Å². The molecule has 0 heterocycles. The van der Waals surface area contributed by atoms with Crippen LogP contribution in [0.3, 0.4) is 0 Å². The highest BCUT2D eigenvalue weighted by Crippen LogP contribution is 2.18. The maximum atomic E-state index is 11.2. The summed E-state index contributed by atoms with van der Waals surface area (Å²) in [5.74, 6) is -1.47. The second kappa shape index (κ2) is 5.78. The lowest BCUT2D eigenvalue weighted by Gasteiger charge is -2.37. The number of carbonyl (C=O) groups excluding carboxylic acids is 2. The SMILES string of the molecule is C=CC(=O)NC(NC(=O)C=C)C([CH2-])(C)S(=O)(=O)O. The fraction of sp³-hybridized carbons (Fsp3) is 0.300. The van der Waals surface area contributed by atoms with Gasteiger partial charge in [-0.2, -0.15) is 0 Å². The van der Waals surface area contributed by atoms with E-state index in [2.05, 4.69) is 30.7 Å². The Morgan fingerprint density at radius 3 is 1.83 bits per heavy atom. The number of amides is 2. The predicted octanol–water partition coefficient (Wildman–Crippen LogP) is -0.603. The van der Waals surface area contributed by atoms with Crippen molar-refractivity contribution in [2.75, 3.05) is 0 Å². The van der Waals surface area contributed by atoms with Gasteiger partial charge in [-0.15, -0.1) is 0 Å². The third-order valence-corrected chi connectivity index (χ3v) is 3.56. The van der Waals surface area contributed by atoms with Crippen LogP contribution in [-0.4, -0.2) is 35.7 Å². The van der Waals surface area contributed by atoms with Crippen LogP contribution in [0.1, 0.15) is 6.92 Å². The van der Waals surface area contributed by atoms with Gasteiger partial charge in [0, 0.05) is 4.75 Å². The number of hydrogen-bond donors (Lipinski definition) is 3. The van der Waals surface area contributed by atoms with Crippen molar-refractivity contribution in [3.8, 4) is 0 Å². The predicted molar refractivity (Wildman–Crippen MR) is 65.8 cm³/mol. The van der Waals surface area contributed by atoms with Crippen LogP contribution in [0.2, 0.25) is 0 Å². The number of nitrogens with one attached hydrogen (secondary N) is 2. The molecule has 0 aliphatic rings. The number of rotatable bonds is 6. The average Bonchev–Trinajstić information content (AvgIpc) is 2.25. The lowest BCUT2D eigenvalue weighted by Crippen LogP contribution is -2.61. The van der Waals surface area contributed by atoms with Gasteiger partial charge in [-0.05, 0) is 12.2 Å². The molecular weight excluding hydrogens is 260 g/mol. The van der Waals surface area contributed by atoms with E-state index in [1.54, 1.807) is 0 Å². The fourth-order valence-corrected chi connectivity index (χ4v) is 1.31. The van der Waals surface area contributed by atoms with Gasteiger partial charge in [-0.3, -0.25) is 14.1 Å². The molecule has 18 heavy (non-hydrogen) atoms. The first-order valence-electron chi connectivity index (χ1n) is 4.74. The first-order valence-corrected chi connectivity index (χ1v) is 6.18. The topological polar surface area (TPSA) is 113 Å². The third-order valence-electron chi connectivity index (χ3n) is 2.14. The van der Waals surface area contributed by atoms with E-state index in [4.69, 9.17) is 4.55 Å². The standard InChI is InChI=1S/C10H15N2O5S/c1-5-7(13)11-9(12-8(14)6-2)10(3,4)18(15,16)17/h5-6,9H,1-3H2,4H3,(H,11,13)(H,12,14)(H,15,16,17)/q-1. The minimum atomic E-state index is -4.62. The Kier molecular flexibility index (Phi) is 5.25. The fourth-order valence-electron chi connectivity index (χ4n) is 0.893. The summed E-state index contributed by atoms with van der Waals surface area (Å²) in [7, 11) is -4.62. The van der Waals surface area contributed by atoms with E-state index in [-0.39, 0.29) is 0 Å². The Hall–Kier alpha value is -1.67. The first kappa shape index (κ1) is 16.3. The molecular formula is C10H15N2O5S-. The molecule has 0 rings (SSSR count). The molecule has 1 atom stereocenters. The van der Waals surface area contributed by atoms with E-state index < -0.39 is 32.8 Å². The zero-order chi connectivity index (χ0) is 14.6. The van der Waals surface area contributed by atoms with Crippen LogP contribution >= 0.6 is 0 Å². The molecule has 3 N–H and O–H groups in total. The van der Waals surface area contributed by atoms with Gasteiger partial charge in [-0.25, -0.2) is 8.42 Å². The van der Waals surface area contributed by atoms with Crippen LogP contribution in [0.25, 0.3) is 0 Å². The van der Waals surface area contributed by atoms with Crippen LogP contribution < -0.4 is 10.6 Å². The summed E-state index contributed by atoms with van der Waals surface area (Å²) in [4.78, 5) is 22.3. The summed E-state index contributed by atoms with van der Waals surface area (Å²) < 4.78 is 29.3. The monoisotopic (exact) mass is 275 g/mol. The van der Waals surface area contributed by atoms with Crippen LogP contribution in [0.5, 0.6) is 0 Å². The van der Waals surface area contributed by atoms with Crippen molar-refractivity contribution in [3.63, 3.8) is 0 Å². The highest BCUT2D eigenvalue weighted by molar-refractivity contribution is 7.87. The second-order valence-electron chi connectivity index (χ2n) is 3.65. The van der Waals surface area contributed by atoms with Gasteiger partial charge in [0.25, 0.3) is 0 Å². The van der Waals surface area contributed by atoms with Crippen molar-refractivity contribution in [2.24, 2.45) is 0 Å². The summed E-state index contributed by atoms with van der Waals surface area (Å²) in [5.41, 5.74) is 0. The van der Waals surface area contributed by atoms with Crippen molar-refractivity contribution in [1.82, 2.24) is 10.6 Å². The smallest absolute Gasteiger partial charge is 0.245 e. The maximum absolute atomic E-state index is 11.2. The van der Waals surface area contributed by atoms with Crippen molar-refractivity contribution in [1.29, 1.82) is 0 Å². The van der Waals surface area contributed by atoms with E-state index in [0.717, 1.165) is 19.1 Å². The molecule has 8 heteroatoms. The first-order chi connectivity index (χ1) is 8.06. The van der Waals surface area contributed by atoms with Crippen LogP contribution in [0.15, 0.2) is 25.3 Å². The van der Waals surface area contributed by atoms with Gasteiger partial charge >= 0.3 is 0 Å². The van der Waals surface area contributed by atoms with E-state index >= 15 is 0 Å². The van der Waals surface area contributed by atoms with Gasteiger partial charge in [-0.1, -0.05) is 20.1 Å². The van der Waals surface area contributed by atoms with Gasteiger partial charge in [0.15, 0.2) is 0 Å². The molecule has 7 nitrogen and oxygen atoms in total. The highest BCUT2D eigenvalue weighted by atomic mass is 32.2. The summed E-state index contributed by atoms with van der Waals surface area (Å²) in [6.07, 6.45) is 0.323.